The van der Waals surface area contributed by atoms with E-state index in [2.05, 4.69) is 20.4 Å². The number of sulfonamides is 1. The summed E-state index contributed by atoms with van der Waals surface area (Å²) in [6, 6.07) is 9.17. The van der Waals surface area contributed by atoms with Gasteiger partial charge in [-0.05, 0) is 128 Å². The molecule has 4 heterocycles. The van der Waals surface area contributed by atoms with Crippen molar-refractivity contribution in [3.8, 4) is 11.7 Å². The minimum atomic E-state index is -4.34. The number of anilines is 1. The molecular weight excluding hydrogens is 694 g/mol. The third-order valence-corrected chi connectivity index (χ3v) is 11.2. The normalized spacial score (nSPS) is 18.9. The second-order valence-corrected chi connectivity index (χ2v) is 17.6. The summed E-state index contributed by atoms with van der Waals surface area (Å²) in [6.45, 7) is 11.3. The molecule has 51 heavy (non-hydrogen) atoms. The number of amides is 2. The molecule has 6 rings (SSSR count). The fourth-order valence-corrected chi connectivity index (χ4v) is 8.12. The molecule has 13 nitrogen and oxygen atoms in total. The van der Waals surface area contributed by atoms with Crippen LogP contribution in [0.3, 0.4) is 0 Å². The first kappa shape index (κ1) is 36.9. The molecule has 0 radical (unpaired) electrons. The molecule has 1 unspecified atom stereocenters. The molecule has 2 aliphatic carbocycles. The van der Waals surface area contributed by atoms with Gasteiger partial charge in [-0.3, -0.25) is 4.79 Å². The van der Waals surface area contributed by atoms with Crippen molar-refractivity contribution in [3.05, 3.63) is 53.3 Å². The molecule has 1 aliphatic heterocycles. The van der Waals surface area contributed by atoms with Gasteiger partial charge in [0.2, 0.25) is 5.88 Å². The lowest BCUT2D eigenvalue weighted by Gasteiger charge is -2.33. The first-order valence-corrected chi connectivity index (χ1v) is 19.6. The van der Waals surface area contributed by atoms with E-state index in [1.165, 1.54) is 48.6 Å². The minimum absolute atomic E-state index is 0.118. The molecule has 1 atom stereocenters. The summed E-state index contributed by atoms with van der Waals surface area (Å²) in [5.74, 6) is 2.92. The fraction of sp³-hybridized carbons (Fsp3) is 0.583. The van der Waals surface area contributed by atoms with Crippen molar-refractivity contribution in [2.75, 3.05) is 25.0 Å². The summed E-state index contributed by atoms with van der Waals surface area (Å²) in [5, 5.41) is 7.09. The maximum Gasteiger partial charge on any atom is 0.410 e. The van der Waals surface area contributed by atoms with Crippen molar-refractivity contribution >= 4 is 39.4 Å². The highest BCUT2D eigenvalue weighted by Crippen LogP contribution is 2.50. The van der Waals surface area contributed by atoms with Gasteiger partial charge in [0.1, 0.15) is 16.6 Å². The van der Waals surface area contributed by atoms with Crippen molar-refractivity contribution in [1.29, 1.82) is 0 Å². The SMILES string of the molecule is CC(C)(C)OC(=O)N1CC(CCNc2cccc(S(=O)(=O)NC(=O)c3ccc(-n4ccc(OCCC(C5CC5)C5CC5)n4)nc3Cl)n2)CC1(C)C. The molecule has 2 amide bonds. The predicted molar refractivity (Wildman–Crippen MR) is 193 cm³/mol. The van der Waals surface area contributed by atoms with Gasteiger partial charge in [0, 0.05) is 30.9 Å². The van der Waals surface area contributed by atoms with Crippen LogP contribution >= 0.6 is 11.6 Å². The fourth-order valence-electron chi connectivity index (χ4n) is 6.95. The molecule has 15 heteroatoms. The van der Waals surface area contributed by atoms with Gasteiger partial charge in [-0.25, -0.2) is 24.2 Å². The Morgan fingerprint density at radius 2 is 1.78 bits per heavy atom. The monoisotopic (exact) mass is 741 g/mol. The number of nitrogens with one attached hydrogen (secondary N) is 2. The standard InChI is InChI=1S/C36H48ClN7O6S/c1-35(2,3)50-34(46)43-22-23(21-36(43,4)5)15-18-38-28-7-6-8-31(39-28)51(47,48)42-33(45)27-13-14-29(40-32(27)37)44-19-16-30(41-44)49-20-17-26(24-9-10-24)25-11-12-25/h6-8,13-14,16,19,23-26H,9-12,15,17-18,20-22H2,1-5H3,(H,38,39)(H,42,45). The Hall–Kier alpha value is -3.91. The summed E-state index contributed by atoms with van der Waals surface area (Å²) in [7, 11) is -4.34. The van der Waals surface area contributed by atoms with E-state index < -0.39 is 21.5 Å². The second-order valence-electron chi connectivity index (χ2n) is 15.6. The number of carbonyl (C=O) groups is 2. The summed E-state index contributed by atoms with van der Waals surface area (Å²) >= 11 is 6.36. The van der Waals surface area contributed by atoms with Crippen LogP contribution < -0.4 is 14.8 Å². The van der Waals surface area contributed by atoms with Gasteiger partial charge in [0.25, 0.3) is 15.9 Å². The number of rotatable bonds is 14. The van der Waals surface area contributed by atoms with Crippen molar-refractivity contribution in [2.24, 2.45) is 23.7 Å². The number of halogens is 1. The van der Waals surface area contributed by atoms with Crippen LogP contribution in [0.5, 0.6) is 5.88 Å². The Labute approximate surface area is 304 Å². The van der Waals surface area contributed by atoms with E-state index in [9.17, 15) is 18.0 Å². The van der Waals surface area contributed by atoms with E-state index in [0.717, 1.165) is 37.0 Å². The largest absolute Gasteiger partial charge is 0.477 e. The lowest BCUT2D eigenvalue weighted by molar-refractivity contribution is 0.0130. The third kappa shape index (κ3) is 9.50. The number of nitrogens with zero attached hydrogens (tertiary/aromatic N) is 5. The lowest BCUT2D eigenvalue weighted by atomic mass is 9.94. The predicted octanol–water partition coefficient (Wildman–Crippen LogP) is 6.48. The van der Waals surface area contributed by atoms with Crippen molar-refractivity contribution < 1.29 is 27.5 Å². The highest BCUT2D eigenvalue weighted by atomic mass is 35.5. The molecule has 0 spiro atoms. The van der Waals surface area contributed by atoms with E-state index in [1.807, 2.05) is 39.3 Å². The average Bonchev–Trinajstić information content (AvgIpc) is 3.98. The van der Waals surface area contributed by atoms with Crippen LogP contribution in [0, 0.1) is 23.7 Å². The number of ether oxygens (including phenoxy) is 2. The van der Waals surface area contributed by atoms with Gasteiger partial charge in [-0.2, -0.15) is 8.42 Å². The van der Waals surface area contributed by atoms with Crippen molar-refractivity contribution in [2.45, 2.75) is 95.7 Å². The number of aromatic nitrogens is 4. The van der Waals surface area contributed by atoms with E-state index in [1.54, 1.807) is 29.3 Å². The van der Waals surface area contributed by atoms with Gasteiger partial charge in [0.15, 0.2) is 10.8 Å². The Morgan fingerprint density at radius 1 is 1.06 bits per heavy atom. The molecule has 276 valence electrons. The van der Waals surface area contributed by atoms with Crippen LogP contribution in [-0.4, -0.2) is 75.9 Å². The number of hydrogen-bond donors (Lipinski definition) is 2. The molecule has 2 N–H and O–H groups in total. The number of hydrogen-bond acceptors (Lipinski definition) is 10. The van der Waals surface area contributed by atoms with Gasteiger partial charge in [-0.15, -0.1) is 5.10 Å². The van der Waals surface area contributed by atoms with Gasteiger partial charge < -0.3 is 19.7 Å². The topological polar surface area (TPSA) is 158 Å². The number of likely N-dealkylation sites (tertiary alicyclic amines) is 1. The van der Waals surface area contributed by atoms with Crippen LogP contribution in [0.1, 0.15) is 89.9 Å². The molecular formula is C36H48ClN7O6S. The Balaban J connectivity index is 1.00. The second kappa shape index (κ2) is 14.6. The Bertz CT molecular complexity index is 1840. The molecule has 0 aromatic carbocycles. The van der Waals surface area contributed by atoms with E-state index in [-0.39, 0.29) is 33.3 Å². The summed E-state index contributed by atoms with van der Waals surface area (Å²) < 4.78 is 41.4. The highest BCUT2D eigenvalue weighted by Gasteiger charge is 2.43. The Kier molecular flexibility index (Phi) is 10.6. The Morgan fingerprint density at radius 3 is 2.45 bits per heavy atom. The minimum Gasteiger partial charge on any atom is -0.477 e. The van der Waals surface area contributed by atoms with E-state index >= 15 is 0 Å². The van der Waals surface area contributed by atoms with Crippen LogP contribution in [0.4, 0.5) is 10.6 Å². The van der Waals surface area contributed by atoms with Crippen LogP contribution in [0.25, 0.3) is 5.82 Å². The highest BCUT2D eigenvalue weighted by molar-refractivity contribution is 7.90. The van der Waals surface area contributed by atoms with Gasteiger partial charge in [0.05, 0.1) is 12.2 Å². The smallest absolute Gasteiger partial charge is 0.410 e. The first-order chi connectivity index (χ1) is 24.1. The number of carbonyl (C=O) groups excluding carboxylic acids is 2. The summed E-state index contributed by atoms with van der Waals surface area (Å²) in [6.07, 6.45) is 9.28. The van der Waals surface area contributed by atoms with Crippen molar-refractivity contribution in [3.63, 3.8) is 0 Å². The van der Waals surface area contributed by atoms with Crippen LogP contribution in [-0.2, 0) is 14.8 Å². The molecule has 3 aliphatic rings. The maximum absolute atomic E-state index is 13.2. The number of pyridine rings is 2. The molecule has 1 saturated heterocycles. The zero-order chi connectivity index (χ0) is 36.6. The van der Waals surface area contributed by atoms with Gasteiger partial charge in [-0.1, -0.05) is 17.7 Å². The molecule has 2 saturated carbocycles. The average molecular weight is 742 g/mol. The third-order valence-electron chi connectivity index (χ3n) is 9.69. The van der Waals surface area contributed by atoms with Crippen LogP contribution in [0.15, 0.2) is 47.6 Å². The molecule has 0 bridgehead atoms. The van der Waals surface area contributed by atoms with Crippen LogP contribution in [0.2, 0.25) is 5.15 Å². The summed E-state index contributed by atoms with van der Waals surface area (Å²) in [4.78, 5) is 36.1. The quantitative estimate of drug-likeness (QED) is 0.175. The maximum atomic E-state index is 13.2. The summed E-state index contributed by atoms with van der Waals surface area (Å²) in [5.41, 5.74) is -1.04. The lowest BCUT2D eigenvalue weighted by Crippen LogP contribution is -2.45. The molecule has 3 aromatic rings. The van der Waals surface area contributed by atoms with Gasteiger partial charge >= 0.3 is 6.09 Å². The first-order valence-electron chi connectivity index (χ1n) is 17.7. The molecule has 3 aromatic heterocycles. The zero-order valence-corrected chi connectivity index (χ0v) is 31.5. The molecule has 3 fully saturated rings. The van der Waals surface area contributed by atoms with E-state index in [0.29, 0.717) is 37.2 Å². The van der Waals surface area contributed by atoms with Crippen molar-refractivity contribution in [1.82, 2.24) is 29.4 Å². The zero-order valence-electron chi connectivity index (χ0n) is 29.9. The van der Waals surface area contributed by atoms with E-state index in [4.69, 9.17) is 21.1 Å².